The van der Waals surface area contributed by atoms with Gasteiger partial charge in [0.25, 0.3) is 0 Å². The van der Waals surface area contributed by atoms with E-state index < -0.39 is 0 Å². The highest BCUT2D eigenvalue weighted by molar-refractivity contribution is 9.10. The van der Waals surface area contributed by atoms with Gasteiger partial charge in [0.15, 0.2) is 0 Å². The van der Waals surface area contributed by atoms with Crippen LogP contribution in [0.15, 0.2) is 53.6 Å². The predicted molar refractivity (Wildman–Crippen MR) is 102 cm³/mol. The van der Waals surface area contributed by atoms with Gasteiger partial charge >= 0.3 is 0 Å². The van der Waals surface area contributed by atoms with Crippen LogP contribution in [0.25, 0.3) is 16.6 Å². The fraction of sp³-hybridized carbons (Fsp3) is 0.200. The normalized spacial score (nSPS) is 13.9. The SMILES string of the molecule is C=C1c2cc(CC)ccc2CN1c1ccc2c(c1)c(Br)cn2C. The van der Waals surface area contributed by atoms with E-state index in [0.29, 0.717) is 0 Å². The van der Waals surface area contributed by atoms with Gasteiger partial charge in [-0.15, -0.1) is 0 Å². The van der Waals surface area contributed by atoms with E-state index in [0.717, 1.165) is 23.1 Å². The van der Waals surface area contributed by atoms with Crippen molar-refractivity contribution in [2.45, 2.75) is 19.9 Å². The van der Waals surface area contributed by atoms with Crippen LogP contribution in [0.3, 0.4) is 0 Å². The van der Waals surface area contributed by atoms with Crippen LogP contribution in [0.1, 0.15) is 23.6 Å². The third-order valence-corrected chi connectivity index (χ3v) is 5.42. The molecule has 0 bridgehead atoms. The second-order valence-corrected chi connectivity index (χ2v) is 7.02. The summed E-state index contributed by atoms with van der Waals surface area (Å²) in [6, 6.07) is 13.4. The van der Waals surface area contributed by atoms with Crippen LogP contribution in [0.5, 0.6) is 0 Å². The zero-order valence-electron chi connectivity index (χ0n) is 13.4. The Morgan fingerprint density at radius 3 is 2.78 bits per heavy atom. The maximum absolute atomic E-state index is 4.35. The van der Waals surface area contributed by atoms with Crippen molar-refractivity contribution in [3.8, 4) is 0 Å². The lowest BCUT2D eigenvalue weighted by atomic mass is 10.0. The minimum Gasteiger partial charge on any atom is -0.349 e. The molecule has 116 valence electrons. The maximum Gasteiger partial charge on any atom is 0.0491 e. The highest BCUT2D eigenvalue weighted by atomic mass is 79.9. The van der Waals surface area contributed by atoms with Crippen LogP contribution in [-0.2, 0) is 20.0 Å². The molecule has 0 N–H and O–H groups in total. The van der Waals surface area contributed by atoms with Gasteiger partial charge in [-0.25, -0.2) is 0 Å². The quantitative estimate of drug-likeness (QED) is 0.581. The van der Waals surface area contributed by atoms with Crippen molar-refractivity contribution in [3.05, 3.63) is 70.3 Å². The van der Waals surface area contributed by atoms with Crippen molar-refractivity contribution < 1.29 is 0 Å². The molecule has 0 spiro atoms. The summed E-state index contributed by atoms with van der Waals surface area (Å²) >= 11 is 3.66. The molecule has 1 aromatic heterocycles. The molecule has 0 saturated heterocycles. The molecule has 0 unspecified atom stereocenters. The number of nitrogens with zero attached hydrogens (tertiary/aromatic N) is 2. The minimum absolute atomic E-state index is 0.897. The first kappa shape index (κ1) is 14.6. The number of rotatable bonds is 2. The summed E-state index contributed by atoms with van der Waals surface area (Å²) in [5.74, 6) is 0. The second-order valence-electron chi connectivity index (χ2n) is 6.17. The first-order valence-corrected chi connectivity index (χ1v) is 8.71. The molecular formula is C20H19BrN2. The fourth-order valence-corrected chi connectivity index (χ4v) is 4.03. The molecule has 3 aromatic rings. The van der Waals surface area contributed by atoms with Crippen molar-refractivity contribution in [2.24, 2.45) is 7.05 Å². The standard InChI is InChI=1S/C20H19BrN2/c1-4-14-5-6-15-11-23(13(2)17(15)9-14)16-7-8-20-18(10-16)19(21)12-22(20)3/h5-10,12H,2,4,11H2,1,3H3. The molecule has 2 aromatic carbocycles. The number of fused-ring (bicyclic) bond motifs is 2. The van der Waals surface area contributed by atoms with E-state index in [1.165, 1.54) is 33.3 Å². The topological polar surface area (TPSA) is 8.17 Å². The molecule has 1 aliphatic heterocycles. The maximum atomic E-state index is 4.35. The van der Waals surface area contributed by atoms with E-state index in [-0.39, 0.29) is 0 Å². The average molecular weight is 367 g/mol. The lowest BCUT2D eigenvalue weighted by molar-refractivity contribution is 0.966. The second kappa shape index (κ2) is 5.27. The largest absolute Gasteiger partial charge is 0.349 e. The highest BCUT2D eigenvalue weighted by Crippen LogP contribution is 2.38. The molecule has 2 nitrogen and oxygen atoms in total. The van der Waals surface area contributed by atoms with Crippen LogP contribution < -0.4 is 4.90 Å². The van der Waals surface area contributed by atoms with E-state index in [2.05, 4.69) is 88.5 Å². The van der Waals surface area contributed by atoms with Gasteiger partial charge in [-0.3, -0.25) is 0 Å². The van der Waals surface area contributed by atoms with Crippen molar-refractivity contribution in [1.82, 2.24) is 4.57 Å². The number of anilines is 1. The van der Waals surface area contributed by atoms with Gasteiger partial charge in [0.2, 0.25) is 0 Å². The molecule has 0 radical (unpaired) electrons. The number of hydrogen-bond donors (Lipinski definition) is 0. The Labute approximate surface area is 145 Å². The Kier molecular flexibility index (Phi) is 3.34. The van der Waals surface area contributed by atoms with Crippen molar-refractivity contribution >= 4 is 38.2 Å². The number of benzene rings is 2. The van der Waals surface area contributed by atoms with Gasteiger partial charge in [-0.1, -0.05) is 25.6 Å². The molecule has 0 fully saturated rings. The van der Waals surface area contributed by atoms with Crippen LogP contribution >= 0.6 is 15.9 Å². The smallest absolute Gasteiger partial charge is 0.0491 e. The Morgan fingerprint density at radius 1 is 1.17 bits per heavy atom. The van der Waals surface area contributed by atoms with Crippen LogP contribution in [0.4, 0.5) is 5.69 Å². The Hall–Kier alpha value is -2.00. The zero-order chi connectivity index (χ0) is 16.1. The summed E-state index contributed by atoms with van der Waals surface area (Å²) in [6.45, 7) is 7.43. The summed E-state index contributed by atoms with van der Waals surface area (Å²) in [5.41, 5.74) is 7.55. The third kappa shape index (κ3) is 2.22. The minimum atomic E-state index is 0.897. The average Bonchev–Trinajstić information content (AvgIpc) is 3.04. The fourth-order valence-electron chi connectivity index (χ4n) is 3.41. The van der Waals surface area contributed by atoms with Gasteiger partial charge in [-0.05, 0) is 57.7 Å². The van der Waals surface area contributed by atoms with Crippen molar-refractivity contribution in [3.63, 3.8) is 0 Å². The number of halogens is 1. The summed E-state index contributed by atoms with van der Waals surface area (Å²) in [5, 5.41) is 1.24. The van der Waals surface area contributed by atoms with Gasteiger partial charge in [0, 0.05) is 52.1 Å². The first-order chi connectivity index (χ1) is 11.1. The number of aryl methyl sites for hydroxylation is 2. The van der Waals surface area contributed by atoms with E-state index in [4.69, 9.17) is 0 Å². The van der Waals surface area contributed by atoms with Crippen LogP contribution in [0, 0.1) is 0 Å². The van der Waals surface area contributed by atoms with E-state index >= 15 is 0 Å². The Balaban J connectivity index is 1.77. The lowest BCUT2D eigenvalue weighted by Crippen LogP contribution is -2.12. The monoisotopic (exact) mass is 366 g/mol. The molecule has 0 aliphatic carbocycles. The molecule has 0 saturated carbocycles. The summed E-state index contributed by atoms with van der Waals surface area (Å²) < 4.78 is 3.28. The Bertz CT molecular complexity index is 936. The Morgan fingerprint density at radius 2 is 2.00 bits per heavy atom. The molecule has 2 heterocycles. The summed E-state index contributed by atoms with van der Waals surface area (Å²) in [7, 11) is 2.07. The van der Waals surface area contributed by atoms with Crippen molar-refractivity contribution in [2.75, 3.05) is 4.90 Å². The molecule has 0 atom stereocenters. The summed E-state index contributed by atoms with van der Waals surface area (Å²) in [4.78, 5) is 2.31. The third-order valence-electron chi connectivity index (χ3n) is 4.78. The molecule has 23 heavy (non-hydrogen) atoms. The van der Waals surface area contributed by atoms with E-state index in [1.807, 2.05) is 0 Å². The number of hydrogen-bond acceptors (Lipinski definition) is 1. The highest BCUT2D eigenvalue weighted by Gasteiger charge is 2.24. The zero-order valence-corrected chi connectivity index (χ0v) is 15.0. The van der Waals surface area contributed by atoms with Gasteiger partial charge in [0.1, 0.15) is 0 Å². The van der Waals surface area contributed by atoms with Crippen LogP contribution in [0.2, 0.25) is 0 Å². The predicted octanol–water partition coefficient (Wildman–Crippen LogP) is 5.49. The van der Waals surface area contributed by atoms with Crippen molar-refractivity contribution in [1.29, 1.82) is 0 Å². The molecule has 0 amide bonds. The molecule has 3 heteroatoms. The van der Waals surface area contributed by atoms with Gasteiger partial charge < -0.3 is 9.47 Å². The lowest BCUT2D eigenvalue weighted by Gasteiger charge is -2.20. The van der Waals surface area contributed by atoms with E-state index in [1.54, 1.807) is 0 Å². The number of aromatic nitrogens is 1. The van der Waals surface area contributed by atoms with Gasteiger partial charge in [0.05, 0.1) is 0 Å². The first-order valence-electron chi connectivity index (χ1n) is 7.91. The molecular weight excluding hydrogens is 348 g/mol. The van der Waals surface area contributed by atoms with Crippen LogP contribution in [-0.4, -0.2) is 4.57 Å². The molecule has 1 aliphatic rings. The molecule has 4 rings (SSSR count). The van der Waals surface area contributed by atoms with E-state index in [9.17, 15) is 0 Å². The van der Waals surface area contributed by atoms with Gasteiger partial charge in [-0.2, -0.15) is 0 Å². The summed E-state index contributed by atoms with van der Waals surface area (Å²) in [6.07, 6.45) is 3.17.